The summed E-state index contributed by atoms with van der Waals surface area (Å²) in [5.74, 6) is 1.19. The summed E-state index contributed by atoms with van der Waals surface area (Å²) in [5, 5.41) is 7.18. The molecule has 4 N–H and O–H groups in total. The van der Waals surface area contributed by atoms with Gasteiger partial charge in [0.1, 0.15) is 12.0 Å². The highest BCUT2D eigenvalue weighted by molar-refractivity contribution is 6.31. The van der Waals surface area contributed by atoms with E-state index in [1.54, 1.807) is 0 Å². The van der Waals surface area contributed by atoms with E-state index in [9.17, 15) is 0 Å². The molecule has 128 valence electrons. The molecule has 1 aromatic heterocycles. The predicted molar refractivity (Wildman–Crippen MR) is 104 cm³/mol. The van der Waals surface area contributed by atoms with Gasteiger partial charge in [0.15, 0.2) is 11.6 Å². The predicted octanol–water partition coefficient (Wildman–Crippen LogP) is 4.24. The van der Waals surface area contributed by atoms with Gasteiger partial charge in [0.25, 0.3) is 0 Å². The number of benzene rings is 2. The molecule has 0 atom stereocenters. The van der Waals surface area contributed by atoms with Crippen LogP contribution in [0.15, 0.2) is 54.9 Å². The molecule has 0 aliphatic rings. The quantitative estimate of drug-likeness (QED) is 0.617. The number of anilines is 3. The molecule has 0 aliphatic heterocycles. The smallest absolute Gasteiger partial charge is 0.155 e. The van der Waals surface area contributed by atoms with Crippen LogP contribution in [0.4, 0.5) is 17.3 Å². The Morgan fingerprint density at radius 2 is 1.56 bits per heavy atom. The van der Waals surface area contributed by atoms with Crippen LogP contribution in [0.3, 0.4) is 0 Å². The molecular formula is C19H20ClN5. The lowest BCUT2D eigenvalue weighted by atomic mass is 10.1. The minimum Gasteiger partial charge on any atom is -0.393 e. The van der Waals surface area contributed by atoms with E-state index < -0.39 is 0 Å². The Bertz CT molecular complexity index is 849. The van der Waals surface area contributed by atoms with Crippen molar-refractivity contribution >= 4 is 28.9 Å². The van der Waals surface area contributed by atoms with Gasteiger partial charge >= 0.3 is 0 Å². The number of halogens is 1. The van der Waals surface area contributed by atoms with E-state index in [-0.39, 0.29) is 0 Å². The van der Waals surface area contributed by atoms with Gasteiger partial charge in [0, 0.05) is 18.1 Å². The Labute approximate surface area is 152 Å². The number of nitrogens with two attached hydrogens (primary N) is 1. The molecule has 0 saturated carbocycles. The van der Waals surface area contributed by atoms with Crippen LogP contribution < -0.4 is 16.4 Å². The Hall–Kier alpha value is -2.79. The normalized spacial score (nSPS) is 10.5. The number of nitrogen functional groups attached to an aromatic ring is 1. The van der Waals surface area contributed by atoms with Gasteiger partial charge in [-0.3, -0.25) is 0 Å². The first-order valence-electron chi connectivity index (χ1n) is 8.00. The zero-order valence-electron chi connectivity index (χ0n) is 14.0. The molecule has 3 aromatic rings. The largest absolute Gasteiger partial charge is 0.393 e. The molecule has 2 aromatic carbocycles. The maximum Gasteiger partial charge on any atom is 0.155 e. The lowest BCUT2D eigenvalue weighted by Gasteiger charge is -2.13. The molecule has 0 amide bonds. The van der Waals surface area contributed by atoms with Crippen LogP contribution in [-0.4, -0.2) is 9.97 Å². The maximum atomic E-state index is 6.19. The molecular weight excluding hydrogens is 334 g/mol. The third-order valence-corrected chi connectivity index (χ3v) is 4.24. The zero-order chi connectivity index (χ0) is 17.6. The maximum absolute atomic E-state index is 6.19. The SMILES string of the molecule is Cc1ccc(CNc2ncnc(NCc3ccccc3Cl)c2N)cc1. The number of aryl methyl sites for hydroxylation is 1. The average Bonchev–Trinajstić information content (AvgIpc) is 2.62. The highest BCUT2D eigenvalue weighted by atomic mass is 35.5. The van der Waals surface area contributed by atoms with E-state index in [1.165, 1.54) is 11.9 Å². The highest BCUT2D eigenvalue weighted by Gasteiger charge is 2.08. The van der Waals surface area contributed by atoms with Gasteiger partial charge in [-0.1, -0.05) is 59.6 Å². The van der Waals surface area contributed by atoms with Crippen molar-refractivity contribution in [1.82, 2.24) is 9.97 Å². The van der Waals surface area contributed by atoms with Crippen molar-refractivity contribution in [2.45, 2.75) is 20.0 Å². The van der Waals surface area contributed by atoms with Crippen LogP contribution in [0.2, 0.25) is 5.02 Å². The molecule has 0 bridgehead atoms. The number of nitrogens with zero attached hydrogens (tertiary/aromatic N) is 2. The molecule has 0 saturated heterocycles. The molecule has 25 heavy (non-hydrogen) atoms. The van der Waals surface area contributed by atoms with Gasteiger partial charge in [0.2, 0.25) is 0 Å². The average molecular weight is 354 g/mol. The molecule has 1 heterocycles. The second-order valence-corrected chi connectivity index (χ2v) is 6.18. The zero-order valence-corrected chi connectivity index (χ0v) is 14.7. The van der Waals surface area contributed by atoms with Gasteiger partial charge in [-0.2, -0.15) is 0 Å². The number of rotatable bonds is 6. The van der Waals surface area contributed by atoms with E-state index in [0.717, 1.165) is 11.1 Å². The van der Waals surface area contributed by atoms with Gasteiger partial charge in [-0.05, 0) is 24.1 Å². The summed E-state index contributed by atoms with van der Waals surface area (Å²) in [6, 6.07) is 16.0. The van der Waals surface area contributed by atoms with Crippen molar-refractivity contribution in [2.75, 3.05) is 16.4 Å². The molecule has 0 unspecified atom stereocenters. The number of aromatic nitrogens is 2. The lowest BCUT2D eigenvalue weighted by molar-refractivity contribution is 1.06. The van der Waals surface area contributed by atoms with E-state index in [2.05, 4.69) is 51.8 Å². The lowest BCUT2D eigenvalue weighted by Crippen LogP contribution is -2.10. The minimum absolute atomic E-state index is 0.488. The summed E-state index contributed by atoms with van der Waals surface area (Å²) in [6.07, 6.45) is 1.49. The van der Waals surface area contributed by atoms with E-state index in [4.69, 9.17) is 17.3 Å². The highest BCUT2D eigenvalue weighted by Crippen LogP contribution is 2.24. The van der Waals surface area contributed by atoms with Crippen molar-refractivity contribution in [3.05, 3.63) is 76.6 Å². The fourth-order valence-electron chi connectivity index (χ4n) is 2.39. The van der Waals surface area contributed by atoms with Crippen LogP contribution in [-0.2, 0) is 13.1 Å². The van der Waals surface area contributed by atoms with Crippen LogP contribution >= 0.6 is 11.6 Å². The van der Waals surface area contributed by atoms with Gasteiger partial charge in [0.05, 0.1) is 0 Å². The molecule has 0 spiro atoms. The Morgan fingerprint density at radius 3 is 2.24 bits per heavy atom. The summed E-state index contributed by atoms with van der Waals surface area (Å²) < 4.78 is 0. The Morgan fingerprint density at radius 1 is 0.920 bits per heavy atom. The van der Waals surface area contributed by atoms with Crippen molar-refractivity contribution in [2.24, 2.45) is 0 Å². The van der Waals surface area contributed by atoms with E-state index in [0.29, 0.717) is 35.4 Å². The molecule has 0 aliphatic carbocycles. The summed E-state index contributed by atoms with van der Waals surface area (Å²) in [4.78, 5) is 8.45. The van der Waals surface area contributed by atoms with Crippen molar-refractivity contribution in [3.63, 3.8) is 0 Å². The van der Waals surface area contributed by atoms with Crippen LogP contribution in [0.5, 0.6) is 0 Å². The summed E-state index contributed by atoms with van der Waals surface area (Å²) in [5.41, 5.74) is 10.1. The fraction of sp³-hybridized carbons (Fsp3) is 0.158. The monoisotopic (exact) mass is 353 g/mol. The van der Waals surface area contributed by atoms with Crippen molar-refractivity contribution in [3.8, 4) is 0 Å². The van der Waals surface area contributed by atoms with Gasteiger partial charge in [-0.15, -0.1) is 0 Å². The topological polar surface area (TPSA) is 75.9 Å². The van der Waals surface area contributed by atoms with Crippen LogP contribution in [0.1, 0.15) is 16.7 Å². The molecule has 5 nitrogen and oxygen atoms in total. The summed E-state index contributed by atoms with van der Waals surface area (Å²) in [6.45, 7) is 3.25. The molecule has 6 heteroatoms. The minimum atomic E-state index is 0.488. The standard InChI is InChI=1S/C19H20ClN5/c1-13-6-8-14(9-7-13)10-22-18-17(21)19(25-12-24-18)23-11-15-4-2-3-5-16(15)20/h2-9,12H,10-11,21H2,1H3,(H2,22,23,24,25). The second kappa shape index (κ2) is 7.85. The van der Waals surface area contributed by atoms with E-state index >= 15 is 0 Å². The number of nitrogens with one attached hydrogen (secondary N) is 2. The van der Waals surface area contributed by atoms with Crippen molar-refractivity contribution < 1.29 is 0 Å². The Kier molecular flexibility index (Phi) is 5.36. The summed E-state index contributed by atoms with van der Waals surface area (Å²) >= 11 is 6.17. The molecule has 0 radical (unpaired) electrons. The Balaban J connectivity index is 1.67. The van der Waals surface area contributed by atoms with Crippen LogP contribution in [0, 0.1) is 6.92 Å². The van der Waals surface area contributed by atoms with Crippen LogP contribution in [0.25, 0.3) is 0 Å². The van der Waals surface area contributed by atoms with Crippen molar-refractivity contribution in [1.29, 1.82) is 0 Å². The number of hydrogen-bond donors (Lipinski definition) is 3. The first kappa shape index (κ1) is 17.0. The van der Waals surface area contributed by atoms with Gasteiger partial charge in [-0.25, -0.2) is 9.97 Å². The number of hydrogen-bond acceptors (Lipinski definition) is 5. The fourth-order valence-corrected chi connectivity index (χ4v) is 2.59. The first-order valence-corrected chi connectivity index (χ1v) is 8.38. The third kappa shape index (κ3) is 4.39. The molecule has 3 rings (SSSR count). The molecule has 0 fully saturated rings. The first-order chi connectivity index (χ1) is 12.1. The third-order valence-electron chi connectivity index (χ3n) is 3.87. The van der Waals surface area contributed by atoms with E-state index in [1.807, 2.05) is 24.3 Å². The van der Waals surface area contributed by atoms with Gasteiger partial charge < -0.3 is 16.4 Å². The second-order valence-electron chi connectivity index (χ2n) is 5.77. The summed E-state index contributed by atoms with van der Waals surface area (Å²) in [7, 11) is 0.